The lowest BCUT2D eigenvalue weighted by molar-refractivity contribution is 1.62. The van der Waals surface area contributed by atoms with E-state index in [0.29, 0.717) is 0 Å². The van der Waals surface area contributed by atoms with Gasteiger partial charge in [-0.3, -0.25) is 0 Å². The van der Waals surface area contributed by atoms with Crippen LogP contribution in [0.5, 0.6) is 0 Å². The molecule has 310 valence electrons. The zero-order valence-corrected chi connectivity index (χ0v) is 36.9. The molecule has 0 unspecified atom stereocenters. The molecular formula is C68H38. The van der Waals surface area contributed by atoms with E-state index < -0.39 is 0 Å². The molecule has 0 N–H and O–H groups in total. The van der Waals surface area contributed by atoms with Crippen LogP contribution in [0.15, 0.2) is 231 Å². The van der Waals surface area contributed by atoms with Crippen molar-refractivity contribution < 1.29 is 0 Å². The predicted octanol–water partition coefficient (Wildman–Crippen LogP) is 19.2. The molecule has 68 heavy (non-hydrogen) atoms. The van der Waals surface area contributed by atoms with Crippen LogP contribution in [-0.2, 0) is 0 Å². The van der Waals surface area contributed by atoms with Gasteiger partial charge >= 0.3 is 0 Å². The first-order valence-electron chi connectivity index (χ1n) is 23.8. The number of benzene rings is 14. The monoisotopic (exact) mass is 854 g/mol. The van der Waals surface area contributed by atoms with Gasteiger partial charge < -0.3 is 0 Å². The molecule has 0 saturated heterocycles. The second kappa shape index (κ2) is 13.4. The van der Waals surface area contributed by atoms with E-state index >= 15 is 0 Å². The highest BCUT2D eigenvalue weighted by Gasteiger charge is 2.35. The molecule has 0 heteroatoms. The van der Waals surface area contributed by atoms with Crippen LogP contribution in [0.3, 0.4) is 0 Å². The van der Waals surface area contributed by atoms with Crippen LogP contribution < -0.4 is 0 Å². The van der Waals surface area contributed by atoms with Crippen molar-refractivity contribution in [2.24, 2.45) is 0 Å². The average molecular weight is 855 g/mol. The lowest BCUT2D eigenvalue weighted by atomic mass is 9.82. The molecule has 0 atom stereocenters. The smallest absolute Gasteiger partial charge is 0.000740 e. The van der Waals surface area contributed by atoms with Crippen molar-refractivity contribution in [3.63, 3.8) is 0 Å². The van der Waals surface area contributed by atoms with Gasteiger partial charge in [-0.2, -0.15) is 0 Å². The Morgan fingerprint density at radius 1 is 0.162 bits per heavy atom. The van der Waals surface area contributed by atoms with Crippen molar-refractivity contribution >= 4 is 75.4 Å². The summed E-state index contributed by atoms with van der Waals surface area (Å²) in [5.41, 5.74) is 20.8. The van der Waals surface area contributed by atoms with E-state index in [1.807, 2.05) is 0 Å². The minimum absolute atomic E-state index is 1.24. The summed E-state index contributed by atoms with van der Waals surface area (Å²) in [6.45, 7) is 0. The van der Waals surface area contributed by atoms with Crippen molar-refractivity contribution in [1.82, 2.24) is 0 Å². The van der Waals surface area contributed by atoms with Crippen LogP contribution in [0.4, 0.5) is 0 Å². The molecule has 16 rings (SSSR count). The fraction of sp³-hybridized carbons (Fsp3) is 0. The van der Waals surface area contributed by atoms with Crippen molar-refractivity contribution in [3.05, 3.63) is 231 Å². The van der Waals surface area contributed by atoms with Crippen LogP contribution in [0.25, 0.3) is 164 Å². The Morgan fingerprint density at radius 3 is 0.735 bits per heavy atom. The second-order valence-corrected chi connectivity index (χ2v) is 18.9. The fourth-order valence-electron chi connectivity index (χ4n) is 13.0. The van der Waals surface area contributed by atoms with Crippen molar-refractivity contribution in [2.45, 2.75) is 0 Å². The van der Waals surface area contributed by atoms with Crippen LogP contribution in [0.1, 0.15) is 0 Å². The maximum Gasteiger partial charge on any atom is -0.000740 e. The highest BCUT2D eigenvalue weighted by molar-refractivity contribution is 6.42. The first kappa shape index (κ1) is 36.4. The summed E-state index contributed by atoms with van der Waals surface area (Å²) in [6, 6.07) is 86.8. The van der Waals surface area contributed by atoms with Gasteiger partial charge in [0.15, 0.2) is 0 Å². The van der Waals surface area contributed by atoms with E-state index in [1.165, 1.54) is 164 Å². The third-order valence-corrected chi connectivity index (χ3v) is 15.6. The summed E-state index contributed by atoms with van der Waals surface area (Å²) in [5, 5.41) is 18.4. The highest BCUT2D eigenvalue weighted by Crippen LogP contribution is 2.63. The van der Waals surface area contributed by atoms with E-state index in [1.54, 1.807) is 0 Å². The molecule has 0 fully saturated rings. The Balaban J connectivity index is 1.05. The number of fused-ring (bicyclic) bond motifs is 11. The Morgan fingerprint density at radius 2 is 0.426 bits per heavy atom. The van der Waals surface area contributed by atoms with Gasteiger partial charge in [0, 0.05) is 0 Å². The Kier molecular flexibility index (Phi) is 7.16. The van der Waals surface area contributed by atoms with Gasteiger partial charge in [0.2, 0.25) is 0 Å². The van der Waals surface area contributed by atoms with Gasteiger partial charge in [0.1, 0.15) is 0 Å². The average Bonchev–Trinajstić information content (AvgIpc) is 3.92. The van der Waals surface area contributed by atoms with Crippen LogP contribution in [0, 0.1) is 0 Å². The molecule has 2 aliphatic carbocycles. The van der Waals surface area contributed by atoms with E-state index in [9.17, 15) is 0 Å². The maximum atomic E-state index is 2.46. The molecule has 0 spiro atoms. The van der Waals surface area contributed by atoms with E-state index in [4.69, 9.17) is 0 Å². The Hall–Kier alpha value is -8.84. The van der Waals surface area contributed by atoms with Gasteiger partial charge in [-0.15, -0.1) is 0 Å². The lowest BCUT2D eigenvalue weighted by Crippen LogP contribution is -1.94. The molecule has 0 bridgehead atoms. The largest absolute Gasteiger partial charge is 0.0622 e. The molecule has 0 nitrogen and oxygen atoms in total. The highest BCUT2D eigenvalue weighted by atomic mass is 14.4. The fourth-order valence-corrected chi connectivity index (χ4v) is 13.0. The van der Waals surface area contributed by atoms with Gasteiger partial charge in [-0.1, -0.05) is 218 Å². The third kappa shape index (κ3) is 4.64. The van der Waals surface area contributed by atoms with E-state index in [2.05, 4.69) is 231 Å². The molecule has 0 aromatic heterocycles. The van der Waals surface area contributed by atoms with Gasteiger partial charge in [-0.25, -0.2) is 0 Å². The summed E-state index contributed by atoms with van der Waals surface area (Å²) >= 11 is 0. The molecule has 0 aliphatic heterocycles. The molecule has 14 aromatic rings. The quantitative estimate of drug-likeness (QED) is 0.122. The molecular weight excluding hydrogens is 817 g/mol. The molecule has 0 saturated carbocycles. The summed E-state index contributed by atoms with van der Waals surface area (Å²) in [5.74, 6) is 0. The third-order valence-electron chi connectivity index (χ3n) is 15.6. The van der Waals surface area contributed by atoms with Crippen molar-refractivity contribution in [2.75, 3.05) is 0 Å². The van der Waals surface area contributed by atoms with E-state index in [-0.39, 0.29) is 0 Å². The topological polar surface area (TPSA) is 0 Å². The molecule has 0 amide bonds. The van der Waals surface area contributed by atoms with Crippen molar-refractivity contribution in [3.8, 4) is 89.0 Å². The number of rotatable bonds is 4. The van der Waals surface area contributed by atoms with Crippen molar-refractivity contribution in [1.29, 1.82) is 0 Å². The Labute approximate surface area is 393 Å². The predicted molar refractivity (Wildman–Crippen MR) is 291 cm³/mol. The van der Waals surface area contributed by atoms with Gasteiger partial charge in [-0.05, 0) is 177 Å². The standard InChI is InChI=1S/C68H38/c1-5-17-39(18-6-1)57-45-27-15-16-28-46(45)58(40-19-7-2-8-20-40)66-52-34-30-48-50-32-36-54-64-53(35-31-49(62(50)64)47-29-33-51(65(57)66)63(52)61(47)48)67-59(41-21-9-3-10-22-41)55-37-43-25-13-14-26-44(43)38-56(55)60(68(54)67)42-23-11-4-12-24-42/h1-38H. The normalized spacial score (nSPS) is 12.4. The summed E-state index contributed by atoms with van der Waals surface area (Å²) in [6.07, 6.45) is 0. The molecule has 2 aliphatic rings. The van der Waals surface area contributed by atoms with E-state index in [0.717, 1.165) is 0 Å². The summed E-state index contributed by atoms with van der Waals surface area (Å²) in [7, 11) is 0. The molecule has 0 radical (unpaired) electrons. The van der Waals surface area contributed by atoms with Gasteiger partial charge in [0.25, 0.3) is 0 Å². The zero-order valence-electron chi connectivity index (χ0n) is 36.9. The number of hydrogen-bond acceptors (Lipinski definition) is 0. The maximum absolute atomic E-state index is 2.46. The molecule has 14 aromatic carbocycles. The first-order valence-corrected chi connectivity index (χ1v) is 23.8. The second-order valence-electron chi connectivity index (χ2n) is 18.9. The minimum atomic E-state index is 1.24. The zero-order chi connectivity index (χ0) is 44.2. The molecule has 0 heterocycles. The summed E-state index contributed by atoms with van der Waals surface area (Å²) < 4.78 is 0. The van der Waals surface area contributed by atoms with Crippen LogP contribution >= 0.6 is 0 Å². The SMILES string of the molecule is c1ccc(-c2c3c(c(-c4ccccc4)c4ccccc24)-c2ccc4c5ccc6c7c(ccc(c8ccc-3c2c84)c75)-c2c-6c(-c3ccccc3)c3cc4ccccc4cc3c2-c2ccccc2)cc1. The van der Waals surface area contributed by atoms with Crippen LogP contribution in [-0.4, -0.2) is 0 Å². The van der Waals surface area contributed by atoms with Crippen LogP contribution in [0.2, 0.25) is 0 Å². The number of hydrogen-bond donors (Lipinski definition) is 0. The Bertz CT molecular complexity index is 4210. The first-order chi connectivity index (χ1) is 33.8. The summed E-state index contributed by atoms with van der Waals surface area (Å²) in [4.78, 5) is 0. The lowest BCUT2D eigenvalue weighted by Gasteiger charge is -2.21. The van der Waals surface area contributed by atoms with Gasteiger partial charge in [0.05, 0.1) is 0 Å². The minimum Gasteiger partial charge on any atom is -0.0622 e.